The van der Waals surface area contributed by atoms with E-state index in [1.54, 1.807) is 6.20 Å². The van der Waals surface area contributed by atoms with Crippen LogP contribution in [0.5, 0.6) is 0 Å². The second-order valence-electron chi connectivity index (χ2n) is 6.24. The lowest BCUT2D eigenvalue weighted by Gasteiger charge is -2.12. The zero-order valence-electron chi connectivity index (χ0n) is 15.0. The lowest BCUT2D eigenvalue weighted by molar-refractivity contribution is 0.843. The van der Waals surface area contributed by atoms with Crippen LogP contribution in [-0.4, -0.2) is 21.7 Å². The van der Waals surface area contributed by atoms with Crippen LogP contribution in [0, 0.1) is 13.8 Å². The van der Waals surface area contributed by atoms with Crippen molar-refractivity contribution in [1.82, 2.24) is 15.2 Å². The van der Waals surface area contributed by atoms with Crippen molar-refractivity contribution in [2.75, 3.05) is 17.2 Å². The van der Waals surface area contributed by atoms with E-state index in [1.807, 2.05) is 26.0 Å². The van der Waals surface area contributed by atoms with E-state index in [0.717, 1.165) is 36.2 Å². The van der Waals surface area contributed by atoms with Crippen molar-refractivity contribution >= 4 is 29.1 Å². The SMILES string of the molecule is Cc1cc(C)c(Nc2cnnc(NCCCc3ccccc3)n2)c(Cl)c1. The van der Waals surface area contributed by atoms with E-state index in [9.17, 15) is 0 Å². The lowest BCUT2D eigenvalue weighted by Crippen LogP contribution is -2.09. The molecule has 1 heterocycles. The fourth-order valence-corrected chi connectivity index (χ4v) is 3.15. The molecule has 3 aromatic rings. The van der Waals surface area contributed by atoms with Crippen molar-refractivity contribution in [2.24, 2.45) is 0 Å². The van der Waals surface area contributed by atoms with Crippen LogP contribution in [0.4, 0.5) is 17.5 Å². The Balaban J connectivity index is 1.58. The molecule has 0 saturated carbocycles. The summed E-state index contributed by atoms with van der Waals surface area (Å²) in [7, 11) is 0. The molecule has 0 aliphatic heterocycles. The van der Waals surface area contributed by atoms with Gasteiger partial charge in [-0.15, -0.1) is 5.10 Å². The van der Waals surface area contributed by atoms with Gasteiger partial charge in [-0.2, -0.15) is 10.1 Å². The topological polar surface area (TPSA) is 62.7 Å². The van der Waals surface area contributed by atoms with Crippen LogP contribution in [0.2, 0.25) is 5.02 Å². The van der Waals surface area contributed by atoms with Gasteiger partial charge in [0.1, 0.15) is 0 Å². The highest BCUT2D eigenvalue weighted by Crippen LogP contribution is 2.29. The van der Waals surface area contributed by atoms with E-state index >= 15 is 0 Å². The summed E-state index contributed by atoms with van der Waals surface area (Å²) in [6.07, 6.45) is 3.59. The van der Waals surface area contributed by atoms with Crippen LogP contribution in [0.25, 0.3) is 0 Å². The van der Waals surface area contributed by atoms with E-state index in [1.165, 1.54) is 5.56 Å². The molecule has 0 aliphatic carbocycles. The van der Waals surface area contributed by atoms with Gasteiger partial charge in [0.2, 0.25) is 5.95 Å². The monoisotopic (exact) mass is 367 g/mol. The second kappa shape index (κ2) is 8.63. The van der Waals surface area contributed by atoms with Crippen molar-refractivity contribution < 1.29 is 0 Å². The fourth-order valence-electron chi connectivity index (χ4n) is 2.78. The van der Waals surface area contributed by atoms with Gasteiger partial charge in [-0.25, -0.2) is 0 Å². The highest BCUT2D eigenvalue weighted by molar-refractivity contribution is 6.33. The predicted molar refractivity (Wildman–Crippen MR) is 107 cm³/mol. The molecular formula is C20H22ClN5. The largest absolute Gasteiger partial charge is 0.353 e. The normalized spacial score (nSPS) is 10.6. The van der Waals surface area contributed by atoms with Crippen LogP contribution in [0.3, 0.4) is 0 Å². The molecule has 0 atom stereocenters. The number of aryl methyl sites for hydroxylation is 3. The number of benzene rings is 2. The van der Waals surface area contributed by atoms with Gasteiger partial charge < -0.3 is 10.6 Å². The van der Waals surface area contributed by atoms with Crippen molar-refractivity contribution in [2.45, 2.75) is 26.7 Å². The molecule has 0 unspecified atom stereocenters. The average molecular weight is 368 g/mol. The van der Waals surface area contributed by atoms with Crippen molar-refractivity contribution in [3.8, 4) is 0 Å². The number of rotatable bonds is 7. The van der Waals surface area contributed by atoms with Gasteiger partial charge in [-0.1, -0.05) is 48.0 Å². The standard InChI is InChI=1S/C20H22ClN5/c1-14-11-15(2)19(17(21)12-14)24-18-13-23-26-20(25-18)22-10-6-9-16-7-4-3-5-8-16/h3-5,7-8,11-13H,6,9-10H2,1-2H3,(H2,22,24,25,26). The highest BCUT2D eigenvalue weighted by atomic mass is 35.5. The number of anilines is 3. The third kappa shape index (κ3) is 4.92. The van der Waals surface area contributed by atoms with E-state index in [2.05, 4.69) is 56.1 Å². The first-order valence-electron chi connectivity index (χ1n) is 8.63. The summed E-state index contributed by atoms with van der Waals surface area (Å²) in [5.41, 5.74) is 4.35. The molecule has 1 aromatic heterocycles. The molecule has 26 heavy (non-hydrogen) atoms. The molecular weight excluding hydrogens is 346 g/mol. The molecule has 5 nitrogen and oxygen atoms in total. The Bertz CT molecular complexity index is 844. The maximum absolute atomic E-state index is 6.34. The van der Waals surface area contributed by atoms with Gasteiger partial charge >= 0.3 is 0 Å². The summed E-state index contributed by atoms with van der Waals surface area (Å²) in [4.78, 5) is 4.46. The Morgan fingerprint density at radius 2 is 1.88 bits per heavy atom. The van der Waals surface area contributed by atoms with Crippen molar-refractivity contribution in [1.29, 1.82) is 0 Å². The quantitative estimate of drug-likeness (QED) is 0.580. The Labute approximate surface area is 158 Å². The number of hydrogen-bond acceptors (Lipinski definition) is 5. The van der Waals surface area contributed by atoms with E-state index in [-0.39, 0.29) is 0 Å². The minimum atomic E-state index is 0.504. The second-order valence-corrected chi connectivity index (χ2v) is 6.65. The smallest absolute Gasteiger partial charge is 0.244 e. The minimum absolute atomic E-state index is 0.504. The number of aromatic nitrogens is 3. The van der Waals surface area contributed by atoms with E-state index in [4.69, 9.17) is 11.6 Å². The zero-order valence-corrected chi connectivity index (χ0v) is 15.7. The summed E-state index contributed by atoms with van der Waals surface area (Å²) in [5, 5.41) is 15.2. The molecule has 2 aromatic carbocycles. The number of halogens is 1. The molecule has 6 heteroatoms. The van der Waals surface area contributed by atoms with Gasteiger partial charge in [-0.05, 0) is 49.4 Å². The molecule has 0 bridgehead atoms. The molecule has 3 rings (SSSR count). The summed E-state index contributed by atoms with van der Waals surface area (Å²) < 4.78 is 0. The Morgan fingerprint density at radius 1 is 1.08 bits per heavy atom. The van der Waals surface area contributed by atoms with Crippen LogP contribution in [0.1, 0.15) is 23.1 Å². The highest BCUT2D eigenvalue weighted by Gasteiger charge is 2.08. The van der Waals surface area contributed by atoms with Gasteiger partial charge in [-0.3, -0.25) is 0 Å². The van der Waals surface area contributed by atoms with E-state index < -0.39 is 0 Å². The number of hydrogen-bond donors (Lipinski definition) is 2. The Morgan fingerprint density at radius 3 is 2.65 bits per heavy atom. The Hall–Kier alpha value is -2.66. The fraction of sp³-hybridized carbons (Fsp3) is 0.250. The van der Waals surface area contributed by atoms with Crippen molar-refractivity contribution in [3.63, 3.8) is 0 Å². The lowest BCUT2D eigenvalue weighted by atomic mass is 10.1. The average Bonchev–Trinajstić information content (AvgIpc) is 2.63. The Kier molecular flexibility index (Phi) is 6.02. The van der Waals surface area contributed by atoms with Crippen LogP contribution in [-0.2, 0) is 6.42 Å². The summed E-state index contributed by atoms with van der Waals surface area (Å²) in [5.74, 6) is 1.11. The maximum atomic E-state index is 6.34. The van der Waals surface area contributed by atoms with Gasteiger partial charge in [0.05, 0.1) is 16.9 Å². The molecule has 0 amide bonds. The number of nitrogens with zero attached hydrogens (tertiary/aromatic N) is 3. The summed E-state index contributed by atoms with van der Waals surface area (Å²) >= 11 is 6.34. The van der Waals surface area contributed by atoms with E-state index in [0.29, 0.717) is 16.8 Å². The molecule has 0 spiro atoms. The number of nitrogens with one attached hydrogen (secondary N) is 2. The molecule has 134 valence electrons. The van der Waals surface area contributed by atoms with Crippen LogP contribution in [0.15, 0.2) is 48.7 Å². The first-order valence-corrected chi connectivity index (χ1v) is 9.01. The summed E-state index contributed by atoms with van der Waals surface area (Å²) in [6, 6.07) is 14.4. The first kappa shape index (κ1) is 18.1. The minimum Gasteiger partial charge on any atom is -0.353 e. The van der Waals surface area contributed by atoms with Gasteiger partial charge in [0.25, 0.3) is 0 Å². The predicted octanol–water partition coefficient (Wildman–Crippen LogP) is 4.93. The van der Waals surface area contributed by atoms with Crippen molar-refractivity contribution in [3.05, 3.63) is 70.4 Å². The summed E-state index contributed by atoms with van der Waals surface area (Å²) in [6.45, 7) is 4.81. The van der Waals surface area contributed by atoms with Crippen LogP contribution < -0.4 is 10.6 Å². The zero-order chi connectivity index (χ0) is 18.4. The van der Waals surface area contributed by atoms with Crippen LogP contribution >= 0.6 is 11.6 Å². The third-order valence-electron chi connectivity index (χ3n) is 4.01. The molecule has 0 radical (unpaired) electrons. The molecule has 2 N–H and O–H groups in total. The molecule has 0 saturated heterocycles. The first-order chi connectivity index (χ1) is 12.6. The molecule has 0 fully saturated rings. The third-order valence-corrected chi connectivity index (χ3v) is 4.31. The van der Waals surface area contributed by atoms with Gasteiger partial charge in [0, 0.05) is 6.54 Å². The maximum Gasteiger partial charge on any atom is 0.244 e. The molecule has 0 aliphatic rings. The van der Waals surface area contributed by atoms with Gasteiger partial charge in [0.15, 0.2) is 5.82 Å².